The van der Waals surface area contributed by atoms with Gasteiger partial charge < -0.3 is 4.74 Å². The highest BCUT2D eigenvalue weighted by Crippen LogP contribution is 2.21. The minimum Gasteiger partial charge on any atom is -0.488 e. The maximum atomic E-state index is 12.5. The van der Waals surface area contributed by atoms with Gasteiger partial charge in [0.15, 0.2) is 0 Å². The number of nitrogens with zero attached hydrogens (tertiary/aromatic N) is 1. The first kappa shape index (κ1) is 20.4. The molecule has 0 fully saturated rings. The van der Waals surface area contributed by atoms with Crippen molar-refractivity contribution in [1.82, 2.24) is 5.43 Å². The molecule has 0 spiro atoms. The zero-order valence-corrected chi connectivity index (χ0v) is 17.6. The maximum Gasteiger partial charge on any atom is 0.275 e. The van der Waals surface area contributed by atoms with E-state index in [4.69, 9.17) is 27.9 Å². The summed E-state index contributed by atoms with van der Waals surface area (Å²) in [4.78, 5) is 12.5. The van der Waals surface area contributed by atoms with Gasteiger partial charge in [-0.2, -0.15) is 5.10 Å². The summed E-state index contributed by atoms with van der Waals surface area (Å²) in [6, 6.07) is 19.8. The first-order valence-electron chi connectivity index (χ1n) is 8.27. The van der Waals surface area contributed by atoms with Crippen molar-refractivity contribution in [2.24, 2.45) is 5.10 Å². The number of nitrogens with one attached hydrogen (secondary N) is 1. The second-order valence-electron chi connectivity index (χ2n) is 5.78. The molecule has 7 heteroatoms. The molecule has 0 aromatic heterocycles. The first-order chi connectivity index (χ1) is 13.5. The Morgan fingerprint density at radius 1 is 1.07 bits per heavy atom. The van der Waals surface area contributed by atoms with Gasteiger partial charge in [-0.1, -0.05) is 69.5 Å². The number of ether oxygens (including phenoxy) is 1. The summed E-state index contributed by atoms with van der Waals surface area (Å²) in [6.07, 6.45) is 1.46. The van der Waals surface area contributed by atoms with Crippen LogP contribution in [0.25, 0.3) is 0 Å². The molecule has 3 aromatic rings. The number of hydrogen-bond acceptors (Lipinski definition) is 3. The van der Waals surface area contributed by atoms with Gasteiger partial charge in [0.05, 0.1) is 16.8 Å². The SMILES string of the molecule is O=C(NN=Cc1ccc(Cl)cc1Cl)c1ccccc1OCc1ccc(Br)cc1. The Morgan fingerprint density at radius 3 is 2.57 bits per heavy atom. The number of halogens is 3. The minimum absolute atomic E-state index is 0.348. The molecule has 0 atom stereocenters. The molecule has 0 aliphatic rings. The fourth-order valence-corrected chi connectivity index (χ4v) is 3.07. The quantitative estimate of drug-likeness (QED) is 0.344. The van der Waals surface area contributed by atoms with Crippen LogP contribution in [-0.2, 0) is 6.61 Å². The van der Waals surface area contributed by atoms with Gasteiger partial charge >= 0.3 is 0 Å². The highest BCUT2D eigenvalue weighted by Gasteiger charge is 2.11. The van der Waals surface area contributed by atoms with E-state index in [-0.39, 0.29) is 5.91 Å². The van der Waals surface area contributed by atoms with Crippen LogP contribution in [0.4, 0.5) is 0 Å². The highest BCUT2D eigenvalue weighted by molar-refractivity contribution is 9.10. The normalized spacial score (nSPS) is 10.8. The van der Waals surface area contributed by atoms with E-state index in [1.807, 2.05) is 30.3 Å². The summed E-state index contributed by atoms with van der Waals surface area (Å²) in [5.74, 6) is 0.0930. The lowest BCUT2D eigenvalue weighted by atomic mass is 10.2. The summed E-state index contributed by atoms with van der Waals surface area (Å²) in [6.45, 7) is 0.348. The molecule has 1 amide bonds. The summed E-state index contributed by atoms with van der Waals surface area (Å²) in [7, 11) is 0. The smallest absolute Gasteiger partial charge is 0.275 e. The molecule has 0 aliphatic heterocycles. The average Bonchev–Trinajstić information content (AvgIpc) is 2.69. The van der Waals surface area contributed by atoms with Crippen LogP contribution in [0.15, 0.2) is 76.3 Å². The average molecular weight is 478 g/mol. The van der Waals surface area contributed by atoms with Crippen molar-refractivity contribution in [3.05, 3.63) is 97.9 Å². The second-order valence-corrected chi connectivity index (χ2v) is 7.54. The molecule has 3 rings (SSSR count). The van der Waals surface area contributed by atoms with Gasteiger partial charge in [0.25, 0.3) is 5.91 Å². The van der Waals surface area contributed by atoms with E-state index in [1.165, 1.54) is 6.21 Å². The van der Waals surface area contributed by atoms with Crippen LogP contribution in [0.3, 0.4) is 0 Å². The van der Waals surface area contributed by atoms with Crippen molar-refractivity contribution in [3.8, 4) is 5.75 Å². The van der Waals surface area contributed by atoms with Crippen LogP contribution < -0.4 is 10.2 Å². The molecule has 0 saturated carbocycles. The number of benzene rings is 3. The lowest BCUT2D eigenvalue weighted by Crippen LogP contribution is -2.18. The molecule has 142 valence electrons. The molecule has 4 nitrogen and oxygen atoms in total. The van der Waals surface area contributed by atoms with Crippen molar-refractivity contribution in [3.63, 3.8) is 0 Å². The van der Waals surface area contributed by atoms with Crippen molar-refractivity contribution < 1.29 is 9.53 Å². The predicted molar refractivity (Wildman–Crippen MR) is 116 cm³/mol. The monoisotopic (exact) mass is 476 g/mol. The summed E-state index contributed by atoms with van der Waals surface area (Å²) in [5.41, 5.74) is 4.51. The van der Waals surface area contributed by atoms with E-state index >= 15 is 0 Å². The molecule has 28 heavy (non-hydrogen) atoms. The molecule has 0 bridgehead atoms. The van der Waals surface area contributed by atoms with E-state index in [0.717, 1.165) is 10.0 Å². The molecule has 3 aromatic carbocycles. The van der Waals surface area contributed by atoms with Crippen LogP contribution in [0.1, 0.15) is 21.5 Å². The Kier molecular flexibility index (Phi) is 7.09. The van der Waals surface area contributed by atoms with E-state index in [1.54, 1.807) is 36.4 Å². The Labute approximate surface area is 181 Å². The molecule has 0 saturated heterocycles. The van der Waals surface area contributed by atoms with Crippen molar-refractivity contribution in [2.45, 2.75) is 6.61 Å². The summed E-state index contributed by atoms with van der Waals surface area (Å²) < 4.78 is 6.81. The van der Waals surface area contributed by atoms with Gasteiger partial charge in [0.1, 0.15) is 12.4 Å². The number of carbonyl (C=O) groups excluding carboxylic acids is 1. The lowest BCUT2D eigenvalue weighted by molar-refractivity contribution is 0.0950. The highest BCUT2D eigenvalue weighted by atomic mass is 79.9. The molecule has 1 N–H and O–H groups in total. The number of carbonyl (C=O) groups is 1. The molecular formula is C21H15BrCl2N2O2. The number of hydrazone groups is 1. The van der Waals surface area contributed by atoms with Crippen molar-refractivity contribution >= 4 is 51.3 Å². The van der Waals surface area contributed by atoms with Crippen molar-refractivity contribution in [2.75, 3.05) is 0 Å². The van der Waals surface area contributed by atoms with E-state index in [0.29, 0.717) is 33.5 Å². The molecule has 0 aliphatic carbocycles. The van der Waals surface area contributed by atoms with Crippen LogP contribution in [0.2, 0.25) is 10.0 Å². The summed E-state index contributed by atoms with van der Waals surface area (Å²) in [5, 5.41) is 4.94. The molecule has 0 radical (unpaired) electrons. The molecule has 0 heterocycles. The Balaban J connectivity index is 1.66. The topological polar surface area (TPSA) is 50.7 Å². The van der Waals surface area contributed by atoms with Gasteiger partial charge in [-0.3, -0.25) is 4.79 Å². The largest absolute Gasteiger partial charge is 0.488 e. The zero-order chi connectivity index (χ0) is 19.9. The third-order valence-electron chi connectivity index (χ3n) is 3.77. The maximum absolute atomic E-state index is 12.5. The second kappa shape index (κ2) is 9.73. The van der Waals surface area contributed by atoms with E-state index in [2.05, 4.69) is 26.5 Å². The molecule has 0 unspecified atom stereocenters. The standard InChI is InChI=1S/C21H15BrCl2N2O2/c22-16-8-5-14(6-9-16)13-28-20-4-2-1-3-18(20)21(27)26-25-12-15-7-10-17(23)11-19(15)24/h1-12H,13H2,(H,26,27). The fourth-order valence-electron chi connectivity index (χ4n) is 2.35. The van der Waals surface area contributed by atoms with E-state index < -0.39 is 0 Å². The lowest BCUT2D eigenvalue weighted by Gasteiger charge is -2.10. The Morgan fingerprint density at radius 2 is 1.82 bits per heavy atom. The predicted octanol–water partition coefficient (Wildman–Crippen LogP) is 6.10. The number of para-hydroxylation sites is 1. The van der Waals surface area contributed by atoms with Crippen LogP contribution >= 0.6 is 39.1 Å². The fraction of sp³-hybridized carbons (Fsp3) is 0.0476. The molecular weight excluding hydrogens is 463 g/mol. The van der Waals surface area contributed by atoms with E-state index in [9.17, 15) is 4.79 Å². The number of amides is 1. The van der Waals surface area contributed by atoms with Crippen LogP contribution in [0, 0.1) is 0 Å². The number of rotatable bonds is 6. The Bertz CT molecular complexity index is 1010. The van der Waals surface area contributed by atoms with Crippen LogP contribution in [-0.4, -0.2) is 12.1 Å². The number of hydrogen-bond donors (Lipinski definition) is 1. The third kappa shape index (κ3) is 5.58. The summed E-state index contributed by atoms with van der Waals surface area (Å²) >= 11 is 15.3. The van der Waals surface area contributed by atoms with Gasteiger partial charge in [0, 0.05) is 15.1 Å². The van der Waals surface area contributed by atoms with Gasteiger partial charge in [-0.25, -0.2) is 5.43 Å². The van der Waals surface area contributed by atoms with Crippen LogP contribution in [0.5, 0.6) is 5.75 Å². The Hall–Kier alpha value is -2.34. The van der Waals surface area contributed by atoms with Crippen molar-refractivity contribution in [1.29, 1.82) is 0 Å². The van der Waals surface area contributed by atoms with Gasteiger partial charge in [0.2, 0.25) is 0 Å². The van der Waals surface area contributed by atoms with Gasteiger partial charge in [-0.05, 0) is 42.0 Å². The van der Waals surface area contributed by atoms with Gasteiger partial charge in [-0.15, -0.1) is 0 Å². The minimum atomic E-state index is -0.382. The first-order valence-corrected chi connectivity index (χ1v) is 9.82. The zero-order valence-electron chi connectivity index (χ0n) is 14.5. The third-order valence-corrected chi connectivity index (χ3v) is 4.86.